The molecule has 1 aliphatic heterocycles. The maximum Gasteiger partial charge on any atom is 0.198 e. The number of hydrogen-bond acceptors (Lipinski definition) is 2. The monoisotopic (exact) mass is 1020 g/mol. The lowest BCUT2D eigenvalue weighted by Gasteiger charge is -2.43. The molecule has 1 N–H and O–H groups in total. The third kappa shape index (κ3) is 8.07. The smallest absolute Gasteiger partial charge is 0.198 e. The Kier molecular flexibility index (Phi) is 11.2. The van der Waals surface area contributed by atoms with Gasteiger partial charge in [0.15, 0.2) is 7.28 Å². The Morgan fingerprint density at radius 3 is 1.53 bits per heavy atom. The van der Waals surface area contributed by atoms with Crippen LogP contribution >= 0.6 is 0 Å². The van der Waals surface area contributed by atoms with Crippen LogP contribution in [0, 0.1) is 6.92 Å². The van der Waals surface area contributed by atoms with Crippen LogP contribution in [0.15, 0.2) is 200 Å². The highest BCUT2D eigenvalue weighted by molar-refractivity contribution is 6.74. The zero-order valence-electron chi connectivity index (χ0n) is 47.5. The first kappa shape index (κ1) is 49.2. The van der Waals surface area contributed by atoms with Crippen LogP contribution in [0.1, 0.15) is 109 Å². The molecule has 0 amide bonds. The molecule has 0 spiro atoms. The lowest BCUT2D eigenvalue weighted by Crippen LogP contribution is -2.41. The molecule has 0 fully saturated rings. The second-order valence-electron chi connectivity index (χ2n) is 26.0. The van der Waals surface area contributed by atoms with E-state index in [9.17, 15) is 0 Å². The van der Waals surface area contributed by atoms with E-state index in [-0.39, 0.29) is 21.7 Å². The highest BCUT2D eigenvalue weighted by Gasteiger charge is 2.42. The largest absolute Gasteiger partial charge is 0.355 e. The van der Waals surface area contributed by atoms with Crippen molar-refractivity contribution in [3.63, 3.8) is 0 Å². The first-order valence-corrected chi connectivity index (χ1v) is 28.9. The number of aryl methyl sites for hydroxylation is 1. The summed E-state index contributed by atoms with van der Waals surface area (Å²) in [5, 5.41) is 9.16. The Morgan fingerprint density at radius 1 is 0.443 bits per heavy atom. The third-order valence-electron chi connectivity index (χ3n) is 19.0. The minimum Gasteiger partial charge on any atom is -0.355 e. The first-order valence-electron chi connectivity index (χ1n) is 28.9. The number of hydrogen-bond donors (Lipinski definition) is 1. The van der Waals surface area contributed by atoms with Crippen LogP contribution in [-0.4, -0.2) is 11.8 Å². The molecule has 0 saturated carbocycles. The minimum atomic E-state index is -0.0168. The molecule has 10 aromatic carbocycles. The van der Waals surface area contributed by atoms with Crippen molar-refractivity contribution in [3.05, 3.63) is 228 Å². The predicted molar refractivity (Wildman–Crippen MR) is 341 cm³/mol. The number of nitrogens with zero attached hydrogens (tertiary/aromatic N) is 2. The van der Waals surface area contributed by atoms with E-state index in [2.05, 4.69) is 277 Å². The van der Waals surface area contributed by atoms with Gasteiger partial charge in [-0.1, -0.05) is 206 Å². The van der Waals surface area contributed by atoms with Gasteiger partial charge in [-0.25, -0.2) is 0 Å². The zero-order valence-corrected chi connectivity index (χ0v) is 47.5. The van der Waals surface area contributed by atoms with Crippen LogP contribution in [0.3, 0.4) is 0 Å². The molecule has 0 radical (unpaired) electrons. The Bertz CT molecular complexity index is 4130. The number of fused-ring (bicyclic) bond motifs is 9. The molecule has 79 heavy (non-hydrogen) atoms. The average molecular weight is 1020 g/mol. The van der Waals surface area contributed by atoms with Gasteiger partial charge in [0.2, 0.25) is 0 Å². The summed E-state index contributed by atoms with van der Waals surface area (Å²) < 4.78 is 2.74. The van der Waals surface area contributed by atoms with Crippen LogP contribution in [-0.2, 0) is 21.7 Å². The molecule has 2 heterocycles. The van der Waals surface area contributed by atoms with Crippen LogP contribution < -0.4 is 21.1 Å². The van der Waals surface area contributed by atoms with Crippen LogP contribution in [0.2, 0.25) is 0 Å². The van der Waals surface area contributed by atoms with Crippen molar-refractivity contribution in [1.29, 1.82) is 0 Å². The van der Waals surface area contributed by atoms with Crippen molar-refractivity contribution in [2.24, 2.45) is 0 Å². The topological polar surface area (TPSA) is 20.2 Å². The molecular weight excluding hydrogens is 954 g/mol. The molecule has 2 aliphatic carbocycles. The number of anilines is 5. The van der Waals surface area contributed by atoms with E-state index < -0.39 is 0 Å². The maximum absolute atomic E-state index is 4.11. The number of nitrogens with one attached hydrogen (secondary N) is 1. The second-order valence-corrected chi connectivity index (χ2v) is 26.0. The second kappa shape index (κ2) is 18.0. The fraction of sp³-hybridized carbons (Fsp3) is 0.227. The van der Waals surface area contributed by atoms with Gasteiger partial charge in [0.1, 0.15) is 0 Å². The lowest BCUT2D eigenvalue weighted by molar-refractivity contribution is 0.332. The van der Waals surface area contributed by atoms with Gasteiger partial charge in [-0.2, -0.15) is 0 Å². The van der Waals surface area contributed by atoms with Gasteiger partial charge < -0.3 is 14.8 Å². The van der Waals surface area contributed by atoms with Crippen molar-refractivity contribution in [1.82, 2.24) is 4.57 Å². The predicted octanol–water partition coefficient (Wildman–Crippen LogP) is 18.9. The van der Waals surface area contributed by atoms with E-state index in [1.54, 1.807) is 0 Å². The Labute approximate surface area is 468 Å². The van der Waals surface area contributed by atoms with Crippen molar-refractivity contribution in [2.45, 2.75) is 110 Å². The van der Waals surface area contributed by atoms with E-state index in [1.165, 1.54) is 117 Å². The number of aromatic nitrogens is 1. The van der Waals surface area contributed by atoms with Crippen molar-refractivity contribution < 1.29 is 0 Å². The van der Waals surface area contributed by atoms with E-state index in [0.29, 0.717) is 0 Å². The zero-order chi connectivity index (χ0) is 54.2. The van der Waals surface area contributed by atoms with Crippen LogP contribution in [0.25, 0.3) is 71.6 Å². The van der Waals surface area contributed by atoms with Gasteiger partial charge in [-0.15, -0.1) is 0 Å². The van der Waals surface area contributed by atoms with Crippen molar-refractivity contribution in [2.75, 3.05) is 10.2 Å². The van der Waals surface area contributed by atoms with Crippen LogP contribution in [0.5, 0.6) is 0 Å². The lowest BCUT2D eigenvalue weighted by atomic mass is 9.55. The van der Waals surface area contributed by atoms with Crippen molar-refractivity contribution >= 4 is 79.2 Å². The molecule has 3 aliphatic rings. The summed E-state index contributed by atoms with van der Waals surface area (Å²) in [4.78, 5) is 2.57. The van der Waals surface area contributed by atoms with Gasteiger partial charge in [0, 0.05) is 50.2 Å². The number of benzene rings is 10. The highest BCUT2D eigenvalue weighted by Crippen LogP contribution is 2.53. The highest BCUT2D eigenvalue weighted by atomic mass is 15.1. The molecule has 4 heteroatoms. The third-order valence-corrected chi connectivity index (χ3v) is 19.0. The van der Waals surface area contributed by atoms with Crippen LogP contribution in [0.4, 0.5) is 28.4 Å². The molecule has 0 bridgehead atoms. The molecule has 0 saturated heterocycles. The normalized spacial score (nSPS) is 16.2. The minimum absolute atomic E-state index is 0.0111. The molecule has 1 aromatic heterocycles. The fourth-order valence-electron chi connectivity index (χ4n) is 14.1. The standard InChI is InChI=1S/C75H70BN3/c1-47-24-31-53(32-25-47)77-65-45-62-60(72(2,3)38-40-74(62,6)7)42-58(65)59-43-67(78(54-33-26-50(27-34-54)48-18-12-10-13-19-48)55-35-28-51(29-36-55)49-20-14-11-15-21-49)68-57-37-30-52-22-16-17-23-56(52)70(57)79-66-46-63-61(44-64(66)76-69(59)71(68)79)73(4,5)39-41-75(63,8)9/h10-37,42-46,76-77H,38-41H2,1-9H3. The van der Waals surface area contributed by atoms with E-state index in [0.717, 1.165) is 55.0 Å². The molecule has 14 rings (SSSR count). The Balaban J connectivity index is 1.15. The quantitative estimate of drug-likeness (QED) is 0.153. The van der Waals surface area contributed by atoms with E-state index >= 15 is 0 Å². The number of rotatable bonds is 8. The summed E-state index contributed by atoms with van der Waals surface area (Å²) in [6.07, 6.45) is 4.60. The van der Waals surface area contributed by atoms with Gasteiger partial charge in [0.25, 0.3) is 0 Å². The molecule has 0 atom stereocenters. The van der Waals surface area contributed by atoms with E-state index in [1.807, 2.05) is 0 Å². The average Bonchev–Trinajstić information content (AvgIpc) is 3.58. The fourth-order valence-corrected chi connectivity index (χ4v) is 14.1. The summed E-state index contributed by atoms with van der Waals surface area (Å²) in [7, 11) is 0.812. The molecule has 388 valence electrons. The van der Waals surface area contributed by atoms with E-state index in [4.69, 9.17) is 0 Å². The molecule has 11 aromatic rings. The van der Waals surface area contributed by atoms with Gasteiger partial charge in [-0.3, -0.25) is 0 Å². The van der Waals surface area contributed by atoms with Gasteiger partial charge in [0.05, 0.1) is 16.7 Å². The molecular formula is C75H70BN3. The van der Waals surface area contributed by atoms with Gasteiger partial charge >= 0.3 is 0 Å². The SMILES string of the molecule is Cc1ccc(Nc2cc3c(cc2-c2cc(N(c4ccc(-c5ccccc5)cc4)c4ccc(-c5ccccc5)cc4)c4c5ccc6ccccc6c5n5c4c2Bc2cc4c(cc2-5)C(C)(C)CCC4(C)C)C(C)(C)CCC3(C)C)cc1. The maximum atomic E-state index is 4.11. The summed E-state index contributed by atoms with van der Waals surface area (Å²) in [5.41, 5.74) is 26.8. The summed E-state index contributed by atoms with van der Waals surface area (Å²) in [6.45, 7) is 21.9. The molecule has 0 unspecified atom stereocenters. The summed E-state index contributed by atoms with van der Waals surface area (Å²) in [6, 6.07) is 76.0. The first-order chi connectivity index (χ1) is 38.0. The van der Waals surface area contributed by atoms with Crippen molar-refractivity contribution in [3.8, 4) is 39.1 Å². The Hall–Kier alpha value is -8.08. The summed E-state index contributed by atoms with van der Waals surface area (Å²) in [5.74, 6) is 0. The Morgan fingerprint density at radius 2 is 0.949 bits per heavy atom. The van der Waals surface area contributed by atoms with Gasteiger partial charge in [-0.05, 0) is 176 Å². The summed E-state index contributed by atoms with van der Waals surface area (Å²) >= 11 is 0. The molecule has 3 nitrogen and oxygen atoms in total.